The van der Waals surface area contributed by atoms with Crippen LogP contribution in [0.5, 0.6) is 11.5 Å². The van der Waals surface area contributed by atoms with E-state index in [2.05, 4.69) is 6.58 Å². The molecule has 0 bridgehead atoms. The van der Waals surface area contributed by atoms with Crippen molar-refractivity contribution in [2.24, 2.45) is 0 Å². The maximum absolute atomic E-state index is 11.4. The Kier molecular flexibility index (Phi) is 6.32. The van der Waals surface area contributed by atoms with Crippen molar-refractivity contribution >= 4 is 17.9 Å². The number of carboxylic acid groups (broad SMARTS) is 2. The Morgan fingerprint density at radius 1 is 0.963 bits per heavy atom. The van der Waals surface area contributed by atoms with E-state index >= 15 is 0 Å². The van der Waals surface area contributed by atoms with E-state index in [-0.39, 0.29) is 35.7 Å². The lowest BCUT2D eigenvalue weighted by atomic mass is 10.0. The van der Waals surface area contributed by atoms with Gasteiger partial charge in [0.15, 0.2) is 0 Å². The van der Waals surface area contributed by atoms with E-state index in [1.54, 1.807) is 24.3 Å². The fourth-order valence-corrected chi connectivity index (χ4v) is 2.43. The zero-order valence-electron chi connectivity index (χ0n) is 14.6. The largest absolute Gasteiger partial charge is 0.488 e. The summed E-state index contributed by atoms with van der Waals surface area (Å²) in [5, 5.41) is 18.4. The third-order valence-corrected chi connectivity index (χ3v) is 3.56. The van der Waals surface area contributed by atoms with Crippen molar-refractivity contribution in [2.75, 3.05) is 6.61 Å². The molecule has 0 unspecified atom stereocenters. The molecular formula is C20H18O7. The molecule has 0 saturated heterocycles. The van der Waals surface area contributed by atoms with E-state index in [9.17, 15) is 19.5 Å². The molecule has 140 valence electrons. The number of carbonyl (C=O) groups is 3. The molecule has 0 aliphatic heterocycles. The standard InChI is InChI=1S/C20H18O7/c1-12(11-26-17-9-4-3-7-15(17)19(22)23)10-14-6-5-8-16(20(24)25)18(14)27-13(2)21/h3-9H,1,10-11H2,2H3,(H,22,23)(H,24,25). The molecule has 0 atom stereocenters. The van der Waals surface area contributed by atoms with Gasteiger partial charge >= 0.3 is 17.9 Å². The van der Waals surface area contributed by atoms with Crippen LogP contribution in [0.2, 0.25) is 0 Å². The molecule has 0 heterocycles. The zero-order valence-corrected chi connectivity index (χ0v) is 14.6. The molecule has 0 amide bonds. The average molecular weight is 370 g/mol. The van der Waals surface area contributed by atoms with Crippen LogP contribution in [-0.4, -0.2) is 34.7 Å². The quantitative estimate of drug-likeness (QED) is 0.417. The topological polar surface area (TPSA) is 110 Å². The molecular weight excluding hydrogens is 352 g/mol. The summed E-state index contributed by atoms with van der Waals surface area (Å²) in [4.78, 5) is 33.9. The highest BCUT2D eigenvalue weighted by Crippen LogP contribution is 2.27. The highest BCUT2D eigenvalue weighted by Gasteiger charge is 2.18. The van der Waals surface area contributed by atoms with Gasteiger partial charge in [-0.2, -0.15) is 0 Å². The summed E-state index contributed by atoms with van der Waals surface area (Å²) in [5.41, 5.74) is 0.905. The molecule has 7 nitrogen and oxygen atoms in total. The Bertz CT molecular complexity index is 899. The molecule has 0 aliphatic carbocycles. The second-order valence-corrected chi connectivity index (χ2v) is 5.71. The van der Waals surface area contributed by atoms with Gasteiger partial charge in [-0.05, 0) is 29.3 Å². The van der Waals surface area contributed by atoms with E-state index in [0.717, 1.165) is 0 Å². The summed E-state index contributed by atoms with van der Waals surface area (Å²) in [6.07, 6.45) is 0.193. The van der Waals surface area contributed by atoms with Crippen molar-refractivity contribution in [1.29, 1.82) is 0 Å². The lowest BCUT2D eigenvalue weighted by Crippen LogP contribution is -2.11. The van der Waals surface area contributed by atoms with E-state index in [1.807, 2.05) is 0 Å². The van der Waals surface area contributed by atoms with Crippen LogP contribution in [0.3, 0.4) is 0 Å². The fourth-order valence-electron chi connectivity index (χ4n) is 2.43. The summed E-state index contributed by atoms with van der Waals surface area (Å²) >= 11 is 0. The molecule has 0 saturated carbocycles. The van der Waals surface area contributed by atoms with Gasteiger partial charge in [-0.3, -0.25) is 4.79 Å². The summed E-state index contributed by atoms with van der Waals surface area (Å²) in [6, 6.07) is 10.7. The number of hydrogen-bond acceptors (Lipinski definition) is 5. The zero-order chi connectivity index (χ0) is 20.0. The second kappa shape index (κ2) is 8.66. The van der Waals surface area contributed by atoms with E-state index < -0.39 is 17.9 Å². The first-order valence-corrected chi connectivity index (χ1v) is 7.95. The SMILES string of the molecule is C=C(COc1ccccc1C(=O)O)Cc1cccc(C(=O)O)c1OC(C)=O. The van der Waals surface area contributed by atoms with Crippen molar-refractivity contribution < 1.29 is 34.1 Å². The van der Waals surface area contributed by atoms with Crippen LogP contribution in [0.4, 0.5) is 0 Å². The number of carbonyl (C=O) groups excluding carboxylic acids is 1. The monoisotopic (exact) mass is 370 g/mol. The number of rotatable bonds is 8. The number of para-hydroxylation sites is 2. The molecule has 7 heteroatoms. The first kappa shape index (κ1) is 19.7. The molecule has 2 aromatic rings. The van der Waals surface area contributed by atoms with Crippen molar-refractivity contribution in [3.05, 3.63) is 71.3 Å². The molecule has 0 radical (unpaired) electrons. The molecule has 0 spiro atoms. The van der Waals surface area contributed by atoms with Crippen LogP contribution in [-0.2, 0) is 11.2 Å². The highest BCUT2D eigenvalue weighted by molar-refractivity contribution is 5.92. The normalized spacial score (nSPS) is 10.1. The van der Waals surface area contributed by atoms with Crippen LogP contribution in [0, 0.1) is 0 Å². The number of ether oxygens (including phenoxy) is 2. The lowest BCUT2D eigenvalue weighted by Gasteiger charge is -2.14. The number of aromatic carboxylic acids is 2. The lowest BCUT2D eigenvalue weighted by molar-refractivity contribution is -0.131. The van der Waals surface area contributed by atoms with Crippen LogP contribution >= 0.6 is 0 Å². The Hall–Kier alpha value is -3.61. The average Bonchev–Trinajstić information content (AvgIpc) is 2.61. The summed E-state index contributed by atoms with van der Waals surface area (Å²) in [6.45, 7) is 5.07. The number of carboxylic acids is 2. The molecule has 0 aromatic heterocycles. The van der Waals surface area contributed by atoms with Gasteiger partial charge < -0.3 is 19.7 Å². The van der Waals surface area contributed by atoms with E-state index in [1.165, 1.54) is 25.1 Å². The van der Waals surface area contributed by atoms with Crippen molar-refractivity contribution in [2.45, 2.75) is 13.3 Å². The predicted molar refractivity (Wildman–Crippen MR) is 96.5 cm³/mol. The summed E-state index contributed by atoms with van der Waals surface area (Å²) in [5.74, 6) is -2.80. The van der Waals surface area contributed by atoms with Gasteiger partial charge in [-0.25, -0.2) is 9.59 Å². The minimum atomic E-state index is -1.22. The van der Waals surface area contributed by atoms with Crippen LogP contribution in [0.1, 0.15) is 33.2 Å². The third kappa shape index (κ3) is 5.18. The maximum atomic E-state index is 11.4. The Labute approximate surface area is 155 Å². The van der Waals surface area contributed by atoms with Gasteiger partial charge in [0, 0.05) is 13.3 Å². The highest BCUT2D eigenvalue weighted by atomic mass is 16.5. The third-order valence-electron chi connectivity index (χ3n) is 3.56. The van der Waals surface area contributed by atoms with Gasteiger partial charge in [-0.15, -0.1) is 0 Å². The van der Waals surface area contributed by atoms with E-state index in [0.29, 0.717) is 11.1 Å². The number of esters is 1. The van der Waals surface area contributed by atoms with Crippen molar-refractivity contribution in [1.82, 2.24) is 0 Å². The Morgan fingerprint density at radius 2 is 1.59 bits per heavy atom. The fraction of sp³-hybridized carbons (Fsp3) is 0.150. The molecule has 0 fully saturated rings. The van der Waals surface area contributed by atoms with Gasteiger partial charge in [0.25, 0.3) is 0 Å². The first-order chi connectivity index (χ1) is 12.8. The van der Waals surface area contributed by atoms with Gasteiger partial charge in [0.1, 0.15) is 29.2 Å². The maximum Gasteiger partial charge on any atom is 0.339 e. The van der Waals surface area contributed by atoms with Crippen LogP contribution in [0.15, 0.2) is 54.6 Å². The van der Waals surface area contributed by atoms with Crippen molar-refractivity contribution in [3.8, 4) is 11.5 Å². The molecule has 27 heavy (non-hydrogen) atoms. The van der Waals surface area contributed by atoms with Crippen LogP contribution < -0.4 is 9.47 Å². The summed E-state index contributed by atoms with van der Waals surface area (Å²) in [7, 11) is 0. The van der Waals surface area contributed by atoms with Gasteiger partial charge in [0.2, 0.25) is 0 Å². The van der Waals surface area contributed by atoms with E-state index in [4.69, 9.17) is 14.6 Å². The van der Waals surface area contributed by atoms with Gasteiger partial charge in [0.05, 0.1) is 0 Å². The first-order valence-electron chi connectivity index (χ1n) is 7.95. The number of hydrogen-bond donors (Lipinski definition) is 2. The second-order valence-electron chi connectivity index (χ2n) is 5.71. The summed E-state index contributed by atoms with van der Waals surface area (Å²) < 4.78 is 10.6. The Morgan fingerprint density at radius 3 is 2.22 bits per heavy atom. The van der Waals surface area contributed by atoms with Crippen molar-refractivity contribution in [3.63, 3.8) is 0 Å². The van der Waals surface area contributed by atoms with Crippen LogP contribution in [0.25, 0.3) is 0 Å². The smallest absolute Gasteiger partial charge is 0.339 e. The Balaban J connectivity index is 2.16. The van der Waals surface area contributed by atoms with Gasteiger partial charge in [-0.1, -0.05) is 30.8 Å². The molecule has 2 N–H and O–H groups in total. The molecule has 0 aliphatic rings. The minimum Gasteiger partial charge on any atom is -0.488 e. The molecule has 2 rings (SSSR count). The minimum absolute atomic E-state index is 0.0150. The predicted octanol–water partition coefficient (Wildman–Crippen LogP) is 3.19. The molecule has 2 aromatic carbocycles. The number of benzene rings is 2.